The van der Waals surface area contributed by atoms with Crippen LogP contribution >= 0.6 is 11.3 Å². The number of rotatable bonds is 6. The summed E-state index contributed by atoms with van der Waals surface area (Å²) in [6.45, 7) is 3.40. The molecule has 1 amide bonds. The standard InChI is InChI=1S/C24H23F3N6O3S2/c1-16(33-8-6-17-2-3-18(14-20(17)33)24(25,26)27)22(34)32-11-9-31(10-12-32)21-5-4-19(15-29-21)38(35,36)30-23-28-7-13-37-23/h2-8,13-16H,9-12H2,1H3,(H,28,30)/t16-/m0/s1. The number of sulfonamides is 1. The van der Waals surface area contributed by atoms with E-state index in [0.29, 0.717) is 42.9 Å². The molecule has 4 heterocycles. The molecule has 200 valence electrons. The summed E-state index contributed by atoms with van der Waals surface area (Å²) >= 11 is 1.17. The minimum absolute atomic E-state index is 0.00622. The summed E-state index contributed by atoms with van der Waals surface area (Å²) in [7, 11) is -3.81. The van der Waals surface area contributed by atoms with Crippen molar-refractivity contribution in [3.8, 4) is 0 Å². The van der Waals surface area contributed by atoms with E-state index < -0.39 is 27.8 Å². The predicted molar refractivity (Wildman–Crippen MR) is 138 cm³/mol. The van der Waals surface area contributed by atoms with Gasteiger partial charge in [-0.1, -0.05) is 6.07 Å². The molecule has 5 rings (SSSR count). The van der Waals surface area contributed by atoms with Gasteiger partial charge in [0.05, 0.1) is 5.56 Å². The average molecular weight is 565 g/mol. The topological polar surface area (TPSA) is 100 Å². The first-order valence-corrected chi connectivity index (χ1v) is 14.0. The Balaban J connectivity index is 1.23. The number of benzene rings is 1. The van der Waals surface area contributed by atoms with Crippen molar-refractivity contribution < 1.29 is 26.4 Å². The maximum atomic E-state index is 13.2. The van der Waals surface area contributed by atoms with Crippen LogP contribution in [0.5, 0.6) is 0 Å². The molecule has 0 bridgehead atoms. The summed E-state index contributed by atoms with van der Waals surface area (Å²) in [4.78, 5) is 25.1. The molecule has 38 heavy (non-hydrogen) atoms. The first-order chi connectivity index (χ1) is 18.0. The van der Waals surface area contributed by atoms with E-state index in [2.05, 4.69) is 14.7 Å². The number of nitrogens with one attached hydrogen (secondary N) is 1. The fourth-order valence-electron chi connectivity index (χ4n) is 4.37. The molecule has 1 aliphatic heterocycles. The number of hydrogen-bond donors (Lipinski definition) is 1. The number of thiazole rings is 1. The minimum atomic E-state index is -4.47. The van der Waals surface area contributed by atoms with Crippen LogP contribution < -0.4 is 9.62 Å². The molecule has 4 aromatic rings. The number of aromatic nitrogens is 3. The van der Waals surface area contributed by atoms with Gasteiger partial charge in [0, 0.05) is 55.7 Å². The average Bonchev–Trinajstić information content (AvgIpc) is 3.56. The van der Waals surface area contributed by atoms with Gasteiger partial charge in [-0.05, 0) is 42.6 Å². The molecule has 1 atom stereocenters. The Labute approximate surface area is 220 Å². The quantitative estimate of drug-likeness (QED) is 0.377. The van der Waals surface area contributed by atoms with Crippen molar-refractivity contribution in [1.82, 2.24) is 19.4 Å². The second-order valence-corrected chi connectivity index (χ2v) is 11.4. The van der Waals surface area contributed by atoms with Gasteiger partial charge in [0.2, 0.25) is 5.91 Å². The summed E-state index contributed by atoms with van der Waals surface area (Å²) in [6.07, 6.45) is -0.0652. The van der Waals surface area contributed by atoms with Crippen molar-refractivity contribution in [2.45, 2.75) is 24.0 Å². The van der Waals surface area contributed by atoms with E-state index in [1.54, 1.807) is 40.1 Å². The Bertz CT molecular complexity index is 1550. The molecule has 0 saturated carbocycles. The van der Waals surface area contributed by atoms with Gasteiger partial charge in [0.15, 0.2) is 5.13 Å². The van der Waals surface area contributed by atoms with Gasteiger partial charge in [-0.15, -0.1) is 11.3 Å². The van der Waals surface area contributed by atoms with Crippen LogP contribution in [0.15, 0.2) is 65.3 Å². The van der Waals surface area contributed by atoms with Crippen LogP contribution in [-0.2, 0) is 21.0 Å². The van der Waals surface area contributed by atoms with Crippen molar-refractivity contribution >= 4 is 49.1 Å². The summed E-state index contributed by atoms with van der Waals surface area (Å²) in [6, 6.07) is 7.59. The molecule has 1 fully saturated rings. The molecule has 1 N–H and O–H groups in total. The number of amides is 1. The van der Waals surface area contributed by atoms with Crippen LogP contribution in [-0.4, -0.2) is 59.9 Å². The van der Waals surface area contributed by atoms with Crippen LogP contribution in [0.3, 0.4) is 0 Å². The van der Waals surface area contributed by atoms with Gasteiger partial charge in [0.1, 0.15) is 16.8 Å². The number of nitrogens with zero attached hydrogens (tertiary/aromatic N) is 5. The number of alkyl halides is 3. The molecule has 1 aliphatic rings. The third-order valence-corrected chi connectivity index (χ3v) is 8.57. The van der Waals surface area contributed by atoms with Gasteiger partial charge in [-0.3, -0.25) is 9.52 Å². The third kappa shape index (κ3) is 5.18. The monoisotopic (exact) mass is 564 g/mol. The molecular formula is C24H23F3N6O3S2. The summed E-state index contributed by atoms with van der Waals surface area (Å²) in [5.74, 6) is 0.386. The maximum Gasteiger partial charge on any atom is 0.416 e. The van der Waals surface area contributed by atoms with Crippen LogP contribution in [0.2, 0.25) is 0 Å². The number of fused-ring (bicyclic) bond motifs is 1. The largest absolute Gasteiger partial charge is 0.416 e. The molecule has 1 saturated heterocycles. The Hall–Kier alpha value is -3.65. The number of pyridine rings is 1. The van der Waals surface area contributed by atoms with Gasteiger partial charge in [-0.25, -0.2) is 18.4 Å². The number of anilines is 2. The highest BCUT2D eigenvalue weighted by atomic mass is 32.2. The number of halogens is 3. The molecule has 0 aliphatic carbocycles. The third-order valence-electron chi connectivity index (χ3n) is 6.43. The first kappa shape index (κ1) is 26.0. The Morgan fingerprint density at radius 3 is 2.47 bits per heavy atom. The summed E-state index contributed by atoms with van der Waals surface area (Å²) in [5, 5.41) is 2.55. The zero-order valence-electron chi connectivity index (χ0n) is 20.1. The summed E-state index contributed by atoms with van der Waals surface area (Å²) < 4.78 is 68.6. The molecule has 0 radical (unpaired) electrons. The van der Waals surface area contributed by atoms with E-state index >= 15 is 0 Å². The highest BCUT2D eigenvalue weighted by Gasteiger charge is 2.32. The van der Waals surface area contributed by atoms with E-state index in [1.165, 1.54) is 35.9 Å². The van der Waals surface area contributed by atoms with Crippen LogP contribution in [0.4, 0.5) is 24.1 Å². The Kier molecular flexibility index (Phi) is 6.77. The van der Waals surface area contributed by atoms with Crippen molar-refractivity contribution in [2.24, 2.45) is 0 Å². The van der Waals surface area contributed by atoms with Gasteiger partial charge >= 0.3 is 6.18 Å². The molecule has 9 nitrogen and oxygen atoms in total. The van der Waals surface area contributed by atoms with Crippen LogP contribution in [0.25, 0.3) is 10.9 Å². The SMILES string of the molecule is C[C@@H](C(=O)N1CCN(c2ccc(S(=O)(=O)Nc3nccs3)cn2)CC1)n1ccc2ccc(C(F)(F)F)cc21. The lowest BCUT2D eigenvalue weighted by Gasteiger charge is -2.36. The predicted octanol–water partition coefficient (Wildman–Crippen LogP) is 4.22. The zero-order valence-corrected chi connectivity index (χ0v) is 21.7. The van der Waals surface area contributed by atoms with Crippen molar-refractivity contribution in [2.75, 3.05) is 35.8 Å². The van der Waals surface area contributed by atoms with Crippen molar-refractivity contribution in [1.29, 1.82) is 0 Å². The normalized spacial score (nSPS) is 15.6. The molecule has 3 aromatic heterocycles. The van der Waals surface area contributed by atoms with Crippen LogP contribution in [0, 0.1) is 0 Å². The van der Waals surface area contributed by atoms with E-state index in [1.807, 2.05) is 4.90 Å². The summed E-state index contributed by atoms with van der Waals surface area (Å²) in [5.41, 5.74) is -0.411. The smallest absolute Gasteiger partial charge is 0.353 e. The number of hydrogen-bond acceptors (Lipinski definition) is 7. The lowest BCUT2D eigenvalue weighted by molar-refractivity contribution is -0.137. The minimum Gasteiger partial charge on any atom is -0.353 e. The lowest BCUT2D eigenvalue weighted by Crippen LogP contribution is -2.50. The lowest BCUT2D eigenvalue weighted by atomic mass is 10.1. The van der Waals surface area contributed by atoms with Gasteiger partial charge in [0.25, 0.3) is 10.0 Å². The Morgan fingerprint density at radius 1 is 1.08 bits per heavy atom. The highest BCUT2D eigenvalue weighted by Crippen LogP contribution is 2.33. The fourth-order valence-corrected chi connectivity index (χ4v) is 6.10. The number of carbonyl (C=O) groups excluding carboxylic acids is 1. The van der Waals surface area contributed by atoms with E-state index in [4.69, 9.17) is 0 Å². The van der Waals surface area contributed by atoms with Gasteiger partial charge in [-0.2, -0.15) is 13.2 Å². The first-order valence-electron chi connectivity index (χ1n) is 11.6. The second-order valence-electron chi connectivity index (χ2n) is 8.78. The maximum absolute atomic E-state index is 13.2. The van der Waals surface area contributed by atoms with Crippen LogP contribution in [0.1, 0.15) is 18.5 Å². The fraction of sp³-hybridized carbons (Fsp3) is 0.292. The molecule has 0 spiro atoms. The van der Waals surface area contributed by atoms with Gasteiger partial charge < -0.3 is 14.4 Å². The molecule has 0 unspecified atom stereocenters. The Morgan fingerprint density at radius 2 is 1.84 bits per heavy atom. The molecule has 1 aromatic carbocycles. The highest BCUT2D eigenvalue weighted by molar-refractivity contribution is 7.93. The van der Waals surface area contributed by atoms with E-state index in [-0.39, 0.29) is 15.9 Å². The van der Waals surface area contributed by atoms with E-state index in [0.717, 1.165) is 12.1 Å². The van der Waals surface area contributed by atoms with Crippen molar-refractivity contribution in [3.63, 3.8) is 0 Å². The number of carbonyl (C=O) groups is 1. The zero-order chi connectivity index (χ0) is 27.1. The molecule has 14 heteroatoms. The molecular weight excluding hydrogens is 541 g/mol. The number of piperazine rings is 1. The van der Waals surface area contributed by atoms with E-state index in [9.17, 15) is 26.4 Å². The van der Waals surface area contributed by atoms with Crippen molar-refractivity contribution in [3.05, 3.63) is 65.9 Å². The second kappa shape index (κ2) is 9.91.